The van der Waals surface area contributed by atoms with Crippen LogP contribution in [-0.4, -0.2) is 11.8 Å². The molecule has 1 aromatic heterocycles. The van der Waals surface area contributed by atoms with Crippen LogP contribution in [0.3, 0.4) is 0 Å². The second kappa shape index (κ2) is 6.36. The summed E-state index contributed by atoms with van der Waals surface area (Å²) < 4.78 is 14.0. The molecule has 7 heteroatoms. The molecule has 0 aliphatic carbocycles. The van der Waals surface area contributed by atoms with Crippen molar-refractivity contribution in [1.29, 1.82) is 0 Å². The van der Waals surface area contributed by atoms with Gasteiger partial charge in [-0.1, -0.05) is 35.9 Å². The number of hydrogen-bond donors (Lipinski definition) is 2. The van der Waals surface area contributed by atoms with Crippen molar-refractivity contribution < 1.29 is 14.0 Å². The van der Waals surface area contributed by atoms with Crippen LogP contribution in [0.1, 0.15) is 20.0 Å². The van der Waals surface area contributed by atoms with E-state index in [-0.39, 0.29) is 5.56 Å². The van der Waals surface area contributed by atoms with Gasteiger partial charge in [0.2, 0.25) is 0 Å². The second-order valence-corrected chi connectivity index (χ2v) is 6.09. The average Bonchev–Trinajstić information content (AvgIpc) is 2.90. The van der Waals surface area contributed by atoms with Gasteiger partial charge < -0.3 is 0 Å². The molecule has 2 aromatic carbocycles. The first-order valence-electron chi connectivity index (χ1n) is 6.59. The first-order chi connectivity index (χ1) is 11.1. The van der Waals surface area contributed by atoms with E-state index in [0.29, 0.717) is 9.90 Å². The third-order valence-corrected chi connectivity index (χ3v) is 4.79. The van der Waals surface area contributed by atoms with Crippen LogP contribution in [0.15, 0.2) is 48.5 Å². The smallest absolute Gasteiger partial charge is 0.267 e. The Balaban J connectivity index is 1.74. The standard InChI is InChI=1S/C16H10ClFN2O2S/c17-13-11-6-1-2-7-12(11)23-14(13)16(22)20-19-15(21)9-4-3-5-10(18)8-9/h1-8H,(H,19,21)(H,20,22). The zero-order chi connectivity index (χ0) is 16.4. The third-order valence-electron chi connectivity index (χ3n) is 3.12. The molecule has 0 atom stereocenters. The quantitative estimate of drug-likeness (QED) is 0.693. The Morgan fingerprint density at radius 1 is 1.00 bits per heavy atom. The summed E-state index contributed by atoms with van der Waals surface area (Å²) in [5, 5.41) is 1.11. The molecule has 0 spiro atoms. The van der Waals surface area contributed by atoms with Crippen molar-refractivity contribution in [2.45, 2.75) is 0 Å². The summed E-state index contributed by atoms with van der Waals surface area (Å²) in [7, 11) is 0. The molecule has 0 aliphatic heterocycles. The minimum Gasteiger partial charge on any atom is -0.267 e. The minimum absolute atomic E-state index is 0.104. The maximum atomic E-state index is 13.1. The maximum Gasteiger partial charge on any atom is 0.281 e. The van der Waals surface area contributed by atoms with Crippen molar-refractivity contribution >= 4 is 44.8 Å². The molecule has 2 amide bonds. The molecule has 0 saturated carbocycles. The van der Waals surface area contributed by atoms with Crippen LogP contribution >= 0.6 is 22.9 Å². The SMILES string of the molecule is O=C(NNC(=O)c1sc2ccccc2c1Cl)c1cccc(F)c1. The van der Waals surface area contributed by atoms with E-state index in [1.807, 2.05) is 24.3 Å². The highest BCUT2D eigenvalue weighted by molar-refractivity contribution is 7.21. The maximum absolute atomic E-state index is 13.1. The summed E-state index contributed by atoms with van der Waals surface area (Å²) in [6.07, 6.45) is 0. The zero-order valence-corrected chi connectivity index (χ0v) is 13.2. The number of hydrazine groups is 1. The predicted molar refractivity (Wildman–Crippen MR) is 88.2 cm³/mol. The molecule has 3 aromatic rings. The molecule has 23 heavy (non-hydrogen) atoms. The minimum atomic E-state index is -0.616. The highest BCUT2D eigenvalue weighted by atomic mass is 35.5. The van der Waals surface area contributed by atoms with Gasteiger partial charge in [0.1, 0.15) is 10.7 Å². The van der Waals surface area contributed by atoms with Crippen LogP contribution < -0.4 is 10.9 Å². The zero-order valence-electron chi connectivity index (χ0n) is 11.6. The summed E-state index contributed by atoms with van der Waals surface area (Å²) in [6, 6.07) is 12.5. The molecule has 3 rings (SSSR count). The number of benzene rings is 2. The predicted octanol–water partition coefficient (Wildman–Crippen LogP) is 3.77. The summed E-state index contributed by atoms with van der Waals surface area (Å²) in [6.45, 7) is 0. The van der Waals surface area contributed by atoms with E-state index in [4.69, 9.17) is 11.6 Å². The molecule has 0 fully saturated rings. The number of fused-ring (bicyclic) bond motifs is 1. The van der Waals surface area contributed by atoms with Crippen molar-refractivity contribution in [3.63, 3.8) is 0 Å². The largest absolute Gasteiger partial charge is 0.281 e. The molecule has 0 saturated heterocycles. The first-order valence-corrected chi connectivity index (χ1v) is 7.79. The Morgan fingerprint density at radius 3 is 2.48 bits per heavy atom. The summed E-state index contributed by atoms with van der Waals surface area (Å²) in [4.78, 5) is 24.3. The van der Waals surface area contributed by atoms with E-state index in [0.717, 1.165) is 16.2 Å². The Hall–Kier alpha value is -2.44. The van der Waals surface area contributed by atoms with Gasteiger partial charge in [-0.2, -0.15) is 0 Å². The topological polar surface area (TPSA) is 58.2 Å². The van der Waals surface area contributed by atoms with Crippen LogP contribution in [0.5, 0.6) is 0 Å². The number of hydrogen-bond acceptors (Lipinski definition) is 3. The van der Waals surface area contributed by atoms with Gasteiger partial charge in [0.05, 0.1) is 5.02 Å². The Kier molecular flexibility index (Phi) is 4.27. The molecule has 0 bridgehead atoms. The Morgan fingerprint density at radius 2 is 1.74 bits per heavy atom. The number of carbonyl (C=O) groups excluding carboxylic acids is 2. The van der Waals surface area contributed by atoms with E-state index in [2.05, 4.69) is 10.9 Å². The fraction of sp³-hybridized carbons (Fsp3) is 0. The molecule has 0 radical (unpaired) electrons. The van der Waals surface area contributed by atoms with Crippen molar-refractivity contribution in [3.8, 4) is 0 Å². The van der Waals surface area contributed by atoms with Crippen molar-refractivity contribution in [3.05, 3.63) is 69.8 Å². The molecule has 4 nitrogen and oxygen atoms in total. The van der Waals surface area contributed by atoms with Gasteiger partial charge in [0.25, 0.3) is 11.8 Å². The van der Waals surface area contributed by atoms with Crippen molar-refractivity contribution in [2.24, 2.45) is 0 Å². The highest BCUT2D eigenvalue weighted by Crippen LogP contribution is 2.34. The van der Waals surface area contributed by atoms with Gasteiger partial charge in [-0.15, -0.1) is 11.3 Å². The van der Waals surface area contributed by atoms with Crippen LogP contribution in [0.25, 0.3) is 10.1 Å². The first kappa shape index (κ1) is 15.5. The van der Waals surface area contributed by atoms with Crippen LogP contribution in [0.4, 0.5) is 4.39 Å². The van der Waals surface area contributed by atoms with E-state index in [1.165, 1.54) is 29.5 Å². The van der Waals surface area contributed by atoms with Crippen LogP contribution in [-0.2, 0) is 0 Å². The van der Waals surface area contributed by atoms with Gasteiger partial charge >= 0.3 is 0 Å². The fourth-order valence-electron chi connectivity index (χ4n) is 2.03. The van der Waals surface area contributed by atoms with E-state index >= 15 is 0 Å². The average molecular weight is 349 g/mol. The monoisotopic (exact) mass is 348 g/mol. The van der Waals surface area contributed by atoms with Crippen LogP contribution in [0.2, 0.25) is 5.02 Å². The number of halogens is 2. The number of amides is 2. The van der Waals surface area contributed by atoms with Crippen molar-refractivity contribution in [2.75, 3.05) is 0 Å². The number of carbonyl (C=O) groups is 2. The molecular weight excluding hydrogens is 339 g/mol. The van der Waals surface area contributed by atoms with Gasteiger partial charge in [0.15, 0.2) is 0 Å². The summed E-state index contributed by atoms with van der Waals surface area (Å²) in [5.41, 5.74) is 4.63. The molecule has 2 N–H and O–H groups in total. The molecule has 0 unspecified atom stereocenters. The van der Waals surface area contributed by atoms with E-state index < -0.39 is 17.6 Å². The molecule has 116 valence electrons. The lowest BCUT2D eigenvalue weighted by Gasteiger charge is -2.06. The van der Waals surface area contributed by atoms with Crippen LogP contribution in [0, 0.1) is 5.82 Å². The number of nitrogens with one attached hydrogen (secondary N) is 2. The second-order valence-electron chi connectivity index (χ2n) is 4.66. The Labute approximate surface area is 139 Å². The number of thiophene rings is 1. The van der Waals surface area contributed by atoms with E-state index in [1.54, 1.807) is 0 Å². The normalized spacial score (nSPS) is 10.5. The Bertz CT molecular complexity index is 910. The van der Waals surface area contributed by atoms with Gasteiger partial charge in [-0.3, -0.25) is 20.4 Å². The third kappa shape index (κ3) is 3.18. The van der Waals surface area contributed by atoms with E-state index in [9.17, 15) is 14.0 Å². The molecule has 0 aliphatic rings. The number of rotatable bonds is 2. The lowest BCUT2D eigenvalue weighted by Crippen LogP contribution is -2.41. The van der Waals surface area contributed by atoms with Crippen molar-refractivity contribution in [1.82, 2.24) is 10.9 Å². The lowest BCUT2D eigenvalue weighted by atomic mass is 10.2. The summed E-state index contributed by atoms with van der Waals surface area (Å²) >= 11 is 7.42. The van der Waals surface area contributed by atoms with Gasteiger partial charge in [0, 0.05) is 15.6 Å². The fourth-order valence-corrected chi connectivity index (χ4v) is 3.44. The summed E-state index contributed by atoms with van der Waals surface area (Å²) in [5.74, 6) is -1.67. The van der Waals surface area contributed by atoms with Gasteiger partial charge in [-0.25, -0.2) is 4.39 Å². The molecule has 1 heterocycles. The van der Waals surface area contributed by atoms with Gasteiger partial charge in [-0.05, 0) is 24.3 Å². The lowest BCUT2D eigenvalue weighted by molar-refractivity contribution is 0.0849. The highest BCUT2D eigenvalue weighted by Gasteiger charge is 2.17. The molecular formula is C16H10ClFN2O2S.